The van der Waals surface area contributed by atoms with Gasteiger partial charge in [0.25, 0.3) is 0 Å². The Bertz CT molecular complexity index is 1550. The van der Waals surface area contributed by atoms with Gasteiger partial charge < -0.3 is 10.2 Å². The molecular formula is C26H22N6O2. The zero-order valence-corrected chi connectivity index (χ0v) is 17.2. The van der Waals surface area contributed by atoms with Crippen molar-refractivity contribution in [3.8, 4) is 22.9 Å². The van der Waals surface area contributed by atoms with E-state index < -0.39 is 0 Å². The van der Waals surface area contributed by atoms with Gasteiger partial charge in [-0.2, -0.15) is 0 Å². The van der Waals surface area contributed by atoms with Crippen molar-refractivity contribution in [1.82, 2.24) is 30.0 Å². The van der Waals surface area contributed by atoms with Crippen LogP contribution in [-0.2, 0) is 6.42 Å². The number of hydrogen-bond acceptors (Lipinski definition) is 6. The third-order valence-corrected chi connectivity index (χ3v) is 5.43. The standard InChI is InChI=1S/C25H18N6O2.CH4/c32-24-16(7-5-13-22(24)30-26-18-9-1-2-10-19(18)27-30)15-17-8-6-14-23(25(17)33)31-28-20-11-3-4-12-21(20)29-31;/h1-14,32-33H,15H2;1H4/i5T,6T;. The summed E-state index contributed by atoms with van der Waals surface area (Å²) >= 11 is 0. The normalized spacial score (nSPS) is 11.9. The molecule has 2 N–H and O–H groups in total. The maximum atomic E-state index is 11.1. The minimum absolute atomic E-state index is 0. The van der Waals surface area contributed by atoms with E-state index in [1.165, 1.54) is 33.9 Å². The summed E-state index contributed by atoms with van der Waals surface area (Å²) in [6.45, 7) is 0. The molecule has 34 heavy (non-hydrogen) atoms. The van der Waals surface area contributed by atoms with Crippen molar-refractivity contribution >= 4 is 22.1 Å². The molecule has 0 atom stereocenters. The molecule has 0 amide bonds. The molecule has 0 spiro atoms. The molecule has 6 rings (SSSR count). The zero-order chi connectivity index (χ0) is 24.1. The van der Waals surface area contributed by atoms with Crippen molar-refractivity contribution in [3.05, 3.63) is 96.0 Å². The smallest absolute Gasteiger partial charge is 0.146 e. The highest BCUT2D eigenvalue weighted by atomic mass is 16.3. The second-order valence-electron chi connectivity index (χ2n) is 7.56. The van der Waals surface area contributed by atoms with Crippen LogP contribution in [0.2, 0.25) is 0 Å². The first kappa shape index (κ1) is 18.8. The van der Waals surface area contributed by atoms with Gasteiger partial charge in [0.05, 0.1) is 2.74 Å². The van der Waals surface area contributed by atoms with Gasteiger partial charge in [0, 0.05) is 17.5 Å². The molecule has 2 heterocycles. The van der Waals surface area contributed by atoms with Crippen LogP contribution in [-0.4, -0.2) is 40.2 Å². The van der Waals surface area contributed by atoms with Crippen LogP contribution in [0.1, 0.15) is 21.3 Å². The first-order valence-corrected chi connectivity index (χ1v) is 10.3. The zero-order valence-electron chi connectivity index (χ0n) is 19.2. The van der Waals surface area contributed by atoms with Crippen LogP contribution < -0.4 is 0 Å². The number of phenolic OH excluding ortho intramolecular Hbond substituents is 2. The van der Waals surface area contributed by atoms with Crippen molar-refractivity contribution in [2.45, 2.75) is 13.8 Å². The first-order chi connectivity index (χ1) is 17.0. The Kier molecular flexibility index (Phi) is 4.61. The van der Waals surface area contributed by atoms with Crippen LogP contribution in [0.15, 0.2) is 84.9 Å². The van der Waals surface area contributed by atoms with Gasteiger partial charge in [0.15, 0.2) is 0 Å². The number of rotatable bonds is 4. The SMILES string of the molecule is C.[3H]c1cc(Cc2cc([3H])cc(-n3nc4ccccc4n3)c2O)c(O)c(-n2nc3ccccc3n2)c1. The Morgan fingerprint density at radius 3 is 1.29 bits per heavy atom. The van der Waals surface area contributed by atoms with E-state index in [-0.39, 0.29) is 48.8 Å². The quantitative estimate of drug-likeness (QED) is 0.397. The average molecular weight is 455 g/mol. The molecule has 4 aromatic carbocycles. The molecular weight excluding hydrogens is 428 g/mol. The number of aromatic nitrogens is 6. The Morgan fingerprint density at radius 2 is 0.941 bits per heavy atom. The summed E-state index contributed by atoms with van der Waals surface area (Å²) in [7, 11) is 0. The lowest BCUT2D eigenvalue weighted by Crippen LogP contribution is -2.03. The first-order valence-electron chi connectivity index (χ1n) is 11.3. The lowest BCUT2D eigenvalue weighted by Gasteiger charge is -2.12. The summed E-state index contributed by atoms with van der Waals surface area (Å²) in [4.78, 5) is 2.60. The second-order valence-corrected chi connectivity index (χ2v) is 7.56. The number of aromatic hydroxyl groups is 2. The van der Waals surface area contributed by atoms with Crippen molar-refractivity contribution in [2.24, 2.45) is 0 Å². The summed E-state index contributed by atoms with van der Waals surface area (Å²) in [5, 5.41) is 39.7. The van der Waals surface area contributed by atoms with Gasteiger partial charge in [-0.3, -0.25) is 0 Å². The highest BCUT2D eigenvalue weighted by molar-refractivity contribution is 5.74. The second kappa shape index (κ2) is 8.32. The molecule has 0 bridgehead atoms. The van der Waals surface area contributed by atoms with Gasteiger partial charge >= 0.3 is 0 Å². The number of nitrogens with zero attached hydrogens (tertiary/aromatic N) is 6. The fourth-order valence-corrected chi connectivity index (χ4v) is 3.76. The van der Waals surface area contributed by atoms with Gasteiger partial charge in [-0.25, -0.2) is 0 Å². The molecule has 0 aliphatic heterocycles. The van der Waals surface area contributed by atoms with Gasteiger partial charge in [0.2, 0.25) is 0 Å². The largest absolute Gasteiger partial charge is 0.505 e. The number of phenols is 2. The Hall–Kier alpha value is -4.72. The topological polar surface area (TPSA) is 102 Å². The van der Waals surface area contributed by atoms with E-state index in [0.29, 0.717) is 33.2 Å². The summed E-state index contributed by atoms with van der Waals surface area (Å²) in [6, 6.07) is 20.9. The Balaban J connectivity index is 0.00000267. The highest BCUT2D eigenvalue weighted by Gasteiger charge is 2.16. The fourth-order valence-electron chi connectivity index (χ4n) is 3.76. The average Bonchev–Trinajstić information content (AvgIpc) is 3.47. The summed E-state index contributed by atoms with van der Waals surface area (Å²) in [5.74, 6) is -0.221. The number of fused-ring (bicyclic) bond motifs is 2. The van der Waals surface area contributed by atoms with Crippen LogP contribution >= 0.6 is 0 Å². The molecule has 0 saturated carbocycles. The molecule has 0 fully saturated rings. The molecule has 0 aliphatic rings. The lowest BCUT2D eigenvalue weighted by molar-refractivity contribution is 0.455. The molecule has 0 radical (unpaired) electrons. The Labute approximate surface area is 198 Å². The minimum atomic E-state index is -0.111. The van der Waals surface area contributed by atoms with Gasteiger partial charge in [-0.15, -0.1) is 30.0 Å². The monoisotopic (exact) mass is 454 g/mol. The van der Waals surface area contributed by atoms with Crippen LogP contribution in [0.25, 0.3) is 33.4 Å². The Morgan fingerprint density at radius 1 is 0.588 bits per heavy atom. The molecule has 0 aliphatic carbocycles. The van der Waals surface area contributed by atoms with Crippen LogP contribution in [0.3, 0.4) is 0 Å². The lowest BCUT2D eigenvalue weighted by atomic mass is 10.0. The van der Waals surface area contributed by atoms with E-state index in [1.54, 1.807) is 0 Å². The fraction of sp³-hybridized carbons (Fsp3) is 0.0769. The molecule has 0 saturated heterocycles. The van der Waals surface area contributed by atoms with Gasteiger partial charge in [0.1, 0.15) is 44.9 Å². The van der Waals surface area contributed by atoms with E-state index in [1.807, 2.05) is 48.5 Å². The van der Waals surface area contributed by atoms with Crippen molar-refractivity contribution < 1.29 is 13.0 Å². The molecule has 8 nitrogen and oxygen atoms in total. The van der Waals surface area contributed by atoms with E-state index in [2.05, 4.69) is 20.4 Å². The maximum Gasteiger partial charge on any atom is 0.146 e. The minimum Gasteiger partial charge on any atom is -0.505 e. The summed E-state index contributed by atoms with van der Waals surface area (Å²) in [5.41, 5.74) is 3.92. The molecule has 0 unspecified atom stereocenters. The van der Waals surface area contributed by atoms with E-state index >= 15 is 0 Å². The van der Waals surface area contributed by atoms with Gasteiger partial charge in [-0.05, 0) is 36.4 Å². The molecule has 168 valence electrons. The molecule has 2 aromatic heterocycles. The third kappa shape index (κ3) is 3.51. The van der Waals surface area contributed by atoms with Crippen molar-refractivity contribution in [3.63, 3.8) is 0 Å². The van der Waals surface area contributed by atoms with E-state index in [0.717, 1.165) is 0 Å². The molecule has 6 aromatic rings. The van der Waals surface area contributed by atoms with Crippen LogP contribution in [0, 0.1) is 0 Å². The molecule has 8 heteroatoms. The van der Waals surface area contributed by atoms with E-state index in [4.69, 9.17) is 2.74 Å². The number of para-hydroxylation sites is 2. The van der Waals surface area contributed by atoms with Gasteiger partial charge in [-0.1, -0.05) is 55.9 Å². The maximum absolute atomic E-state index is 11.1. The van der Waals surface area contributed by atoms with Crippen LogP contribution in [0.4, 0.5) is 0 Å². The summed E-state index contributed by atoms with van der Waals surface area (Å²) < 4.78 is 16.5. The summed E-state index contributed by atoms with van der Waals surface area (Å²) in [6.07, 6.45) is 0.0681. The third-order valence-electron chi connectivity index (χ3n) is 5.43. The highest BCUT2D eigenvalue weighted by Crippen LogP contribution is 2.32. The van der Waals surface area contributed by atoms with E-state index in [9.17, 15) is 10.2 Å². The van der Waals surface area contributed by atoms with Crippen molar-refractivity contribution in [2.75, 3.05) is 0 Å². The number of hydrogen-bond donors (Lipinski definition) is 2. The predicted octanol–water partition coefficient (Wildman–Crippen LogP) is 4.79. The van der Waals surface area contributed by atoms with Crippen molar-refractivity contribution in [1.29, 1.82) is 0 Å². The number of benzene rings is 4. The predicted molar refractivity (Wildman–Crippen MR) is 131 cm³/mol. The van der Waals surface area contributed by atoms with Crippen LogP contribution in [0.5, 0.6) is 11.5 Å².